The van der Waals surface area contributed by atoms with E-state index >= 15 is 0 Å². The van der Waals surface area contributed by atoms with Gasteiger partial charge in [0.2, 0.25) is 0 Å². The van der Waals surface area contributed by atoms with E-state index in [0.29, 0.717) is 6.61 Å². The van der Waals surface area contributed by atoms with Crippen LogP contribution in [0.3, 0.4) is 0 Å². The number of nitrogens with zero attached hydrogens (tertiary/aromatic N) is 1. The second-order valence-electron chi connectivity index (χ2n) is 4.50. The largest absolute Gasteiger partial charge is 0.463 e. The Labute approximate surface area is 106 Å². The van der Waals surface area contributed by atoms with Gasteiger partial charge in [0.25, 0.3) is 6.02 Å². The van der Waals surface area contributed by atoms with Crippen LogP contribution in [-0.2, 0) is 9.47 Å². The monoisotopic (exact) mass is 252 g/mol. The van der Waals surface area contributed by atoms with Crippen LogP contribution >= 0.6 is 0 Å². The number of amidine groups is 1. The highest BCUT2D eigenvalue weighted by Crippen LogP contribution is 2.27. The lowest BCUT2D eigenvalue weighted by Crippen LogP contribution is -2.24. The first-order chi connectivity index (χ1) is 8.56. The van der Waals surface area contributed by atoms with Gasteiger partial charge in [0.1, 0.15) is 24.6 Å². The minimum Gasteiger partial charge on any atom is -0.463 e. The zero-order valence-corrected chi connectivity index (χ0v) is 10.5. The molecular weight excluding hydrogens is 235 g/mol. The summed E-state index contributed by atoms with van der Waals surface area (Å²) >= 11 is 0. The molecule has 2 atom stereocenters. The Morgan fingerprint density at radius 3 is 2.56 bits per heavy atom. The summed E-state index contributed by atoms with van der Waals surface area (Å²) in [6.07, 6.45) is -0.233. The van der Waals surface area contributed by atoms with Crippen molar-refractivity contribution in [2.24, 2.45) is 10.7 Å². The van der Waals surface area contributed by atoms with E-state index < -0.39 is 0 Å². The van der Waals surface area contributed by atoms with E-state index in [2.05, 4.69) is 4.99 Å². The summed E-state index contributed by atoms with van der Waals surface area (Å²) in [6.45, 7) is 4.28. The van der Waals surface area contributed by atoms with Crippen LogP contribution in [0.2, 0.25) is 0 Å². The van der Waals surface area contributed by atoms with Crippen molar-refractivity contribution >= 4 is 6.02 Å². The van der Waals surface area contributed by atoms with Gasteiger partial charge in [0.15, 0.2) is 0 Å². The minimum atomic E-state index is -0.272. The highest BCUT2D eigenvalue weighted by molar-refractivity contribution is 5.73. The number of nitrogens with two attached hydrogens (primary N) is 1. The van der Waals surface area contributed by atoms with Gasteiger partial charge >= 0.3 is 0 Å². The third-order valence-corrected chi connectivity index (χ3v) is 2.66. The van der Waals surface area contributed by atoms with Gasteiger partial charge in [-0.1, -0.05) is 12.1 Å². The molecule has 0 aromatic heterocycles. The Balaban J connectivity index is 2.22. The van der Waals surface area contributed by atoms with Gasteiger partial charge in [-0.2, -0.15) is 0 Å². The van der Waals surface area contributed by atoms with Crippen molar-refractivity contribution in [3.63, 3.8) is 0 Å². The number of aliphatic imine (C=N–C) groups is 1. The zero-order chi connectivity index (χ0) is 13.1. The SMILES string of the molecule is CC(C)OC(c1ccc(F)cc1)C1COC(N)=N1. The summed E-state index contributed by atoms with van der Waals surface area (Å²) in [5.74, 6) is -0.271. The van der Waals surface area contributed by atoms with Crippen molar-refractivity contribution < 1.29 is 13.9 Å². The van der Waals surface area contributed by atoms with Gasteiger partial charge < -0.3 is 15.2 Å². The Morgan fingerprint density at radius 2 is 2.06 bits per heavy atom. The summed E-state index contributed by atoms with van der Waals surface area (Å²) in [7, 11) is 0. The van der Waals surface area contributed by atoms with Gasteiger partial charge in [-0.3, -0.25) is 0 Å². The standard InChI is InChI=1S/C13H17FN2O2/c1-8(2)18-12(11-7-17-13(15)16-11)9-3-5-10(14)6-4-9/h3-6,8,11-12H,7H2,1-2H3,(H2,15,16). The summed E-state index contributed by atoms with van der Waals surface area (Å²) < 4.78 is 23.9. The fourth-order valence-corrected chi connectivity index (χ4v) is 1.90. The lowest BCUT2D eigenvalue weighted by Gasteiger charge is -2.23. The number of benzene rings is 1. The average molecular weight is 252 g/mol. The van der Waals surface area contributed by atoms with Gasteiger partial charge in [-0.25, -0.2) is 9.38 Å². The van der Waals surface area contributed by atoms with Crippen LogP contribution in [0.4, 0.5) is 4.39 Å². The molecule has 0 amide bonds. The second kappa shape index (κ2) is 5.35. The Kier molecular flexibility index (Phi) is 3.81. The third-order valence-electron chi connectivity index (χ3n) is 2.66. The molecule has 0 saturated heterocycles. The molecule has 1 aromatic carbocycles. The van der Waals surface area contributed by atoms with Gasteiger partial charge in [0, 0.05) is 0 Å². The predicted octanol–water partition coefficient (Wildman–Crippen LogP) is 2.01. The van der Waals surface area contributed by atoms with E-state index in [0.717, 1.165) is 5.56 Å². The molecule has 0 radical (unpaired) electrons. The smallest absolute Gasteiger partial charge is 0.282 e. The first-order valence-corrected chi connectivity index (χ1v) is 5.93. The number of ether oxygens (including phenoxy) is 2. The summed E-state index contributed by atoms with van der Waals surface area (Å²) in [4.78, 5) is 4.19. The quantitative estimate of drug-likeness (QED) is 0.891. The van der Waals surface area contributed by atoms with Crippen LogP contribution in [0.15, 0.2) is 29.3 Å². The van der Waals surface area contributed by atoms with E-state index in [1.807, 2.05) is 13.8 Å². The Hall–Kier alpha value is -1.62. The molecule has 0 fully saturated rings. The molecule has 0 bridgehead atoms. The van der Waals surface area contributed by atoms with Crippen LogP contribution in [0.1, 0.15) is 25.5 Å². The van der Waals surface area contributed by atoms with Crippen molar-refractivity contribution in [1.29, 1.82) is 0 Å². The van der Waals surface area contributed by atoms with Crippen molar-refractivity contribution in [3.05, 3.63) is 35.6 Å². The highest BCUT2D eigenvalue weighted by Gasteiger charge is 2.29. The molecule has 18 heavy (non-hydrogen) atoms. The molecule has 2 N–H and O–H groups in total. The normalized spacial score (nSPS) is 20.7. The topological polar surface area (TPSA) is 56.8 Å². The van der Waals surface area contributed by atoms with Crippen molar-refractivity contribution in [3.8, 4) is 0 Å². The number of halogens is 1. The van der Waals surface area contributed by atoms with Gasteiger partial charge in [-0.05, 0) is 31.5 Å². The fraction of sp³-hybridized carbons (Fsp3) is 0.462. The minimum absolute atomic E-state index is 0.0390. The molecule has 0 saturated carbocycles. The summed E-state index contributed by atoms with van der Waals surface area (Å²) in [5, 5.41) is 0. The van der Waals surface area contributed by atoms with Crippen LogP contribution < -0.4 is 5.73 Å². The first kappa shape index (κ1) is 12.8. The molecule has 2 rings (SSSR count). The summed E-state index contributed by atoms with van der Waals surface area (Å²) in [6, 6.07) is 6.22. The zero-order valence-electron chi connectivity index (χ0n) is 10.5. The van der Waals surface area contributed by atoms with Crippen LogP contribution in [-0.4, -0.2) is 24.8 Å². The van der Waals surface area contributed by atoms with Crippen molar-refractivity contribution in [2.75, 3.05) is 6.61 Å². The van der Waals surface area contributed by atoms with E-state index in [4.69, 9.17) is 15.2 Å². The molecule has 0 aliphatic carbocycles. The maximum absolute atomic E-state index is 12.9. The summed E-state index contributed by atoms with van der Waals surface area (Å²) in [5.41, 5.74) is 6.38. The Bertz CT molecular complexity index is 431. The van der Waals surface area contributed by atoms with Crippen LogP contribution in [0, 0.1) is 5.82 Å². The van der Waals surface area contributed by atoms with E-state index in [9.17, 15) is 4.39 Å². The molecule has 4 nitrogen and oxygen atoms in total. The van der Waals surface area contributed by atoms with E-state index in [1.165, 1.54) is 12.1 Å². The lowest BCUT2D eigenvalue weighted by atomic mass is 10.0. The molecule has 1 heterocycles. The van der Waals surface area contributed by atoms with Crippen molar-refractivity contribution in [2.45, 2.75) is 32.1 Å². The molecule has 1 aliphatic rings. The van der Waals surface area contributed by atoms with E-state index in [1.54, 1.807) is 12.1 Å². The highest BCUT2D eigenvalue weighted by atomic mass is 19.1. The number of hydrogen-bond acceptors (Lipinski definition) is 4. The average Bonchev–Trinajstić information content (AvgIpc) is 2.74. The molecular formula is C13H17FN2O2. The lowest BCUT2D eigenvalue weighted by molar-refractivity contribution is -0.0118. The molecule has 0 spiro atoms. The number of hydrogen-bond donors (Lipinski definition) is 1. The Morgan fingerprint density at radius 1 is 1.39 bits per heavy atom. The van der Waals surface area contributed by atoms with Gasteiger partial charge in [0.05, 0.1) is 6.10 Å². The molecule has 1 aromatic rings. The van der Waals surface area contributed by atoms with Crippen LogP contribution in [0.25, 0.3) is 0 Å². The third kappa shape index (κ3) is 2.98. The second-order valence-corrected chi connectivity index (χ2v) is 4.50. The molecule has 2 unspecified atom stereocenters. The fourth-order valence-electron chi connectivity index (χ4n) is 1.90. The van der Waals surface area contributed by atoms with E-state index in [-0.39, 0.29) is 30.1 Å². The molecule has 98 valence electrons. The molecule has 1 aliphatic heterocycles. The first-order valence-electron chi connectivity index (χ1n) is 5.93. The maximum Gasteiger partial charge on any atom is 0.282 e. The number of rotatable bonds is 4. The van der Waals surface area contributed by atoms with Gasteiger partial charge in [-0.15, -0.1) is 0 Å². The predicted molar refractivity (Wildman–Crippen MR) is 66.7 cm³/mol. The molecule has 5 heteroatoms. The maximum atomic E-state index is 12.9. The van der Waals surface area contributed by atoms with Crippen molar-refractivity contribution in [1.82, 2.24) is 0 Å². The van der Waals surface area contributed by atoms with Crippen LogP contribution in [0.5, 0.6) is 0 Å².